The molecular formula is C17H20N2O4. The third-order valence-corrected chi connectivity index (χ3v) is 3.80. The molecule has 0 spiro atoms. The summed E-state index contributed by atoms with van der Waals surface area (Å²) in [6.45, 7) is 6.94. The van der Waals surface area contributed by atoms with E-state index >= 15 is 0 Å². The van der Waals surface area contributed by atoms with Crippen LogP contribution >= 0.6 is 0 Å². The molecule has 0 saturated carbocycles. The van der Waals surface area contributed by atoms with E-state index in [-0.39, 0.29) is 5.57 Å². The highest BCUT2D eigenvalue weighted by Gasteiger charge is 2.38. The fourth-order valence-corrected chi connectivity index (χ4v) is 2.65. The lowest BCUT2D eigenvalue weighted by Gasteiger charge is -2.30. The Hall–Kier alpha value is -2.34. The van der Waals surface area contributed by atoms with E-state index in [0.717, 1.165) is 37.4 Å². The van der Waals surface area contributed by atoms with Gasteiger partial charge in [-0.2, -0.15) is 0 Å². The highest BCUT2D eigenvalue weighted by Crippen LogP contribution is 2.25. The highest BCUT2D eigenvalue weighted by molar-refractivity contribution is 6.18. The molecule has 6 heteroatoms. The number of esters is 2. The van der Waals surface area contributed by atoms with Crippen LogP contribution in [0.1, 0.15) is 19.4 Å². The largest absolute Gasteiger partial charge is 0.419 e. The van der Waals surface area contributed by atoms with Crippen molar-refractivity contribution >= 4 is 23.7 Å². The van der Waals surface area contributed by atoms with E-state index in [2.05, 4.69) is 10.2 Å². The van der Waals surface area contributed by atoms with E-state index in [1.54, 1.807) is 0 Å². The normalized spacial score (nSPS) is 20.8. The number of nitrogens with one attached hydrogen (secondary N) is 1. The number of cyclic esters (lactones) is 2. The third kappa shape index (κ3) is 3.53. The molecule has 2 aliphatic rings. The molecule has 122 valence electrons. The number of ether oxygens (including phenoxy) is 2. The average molecular weight is 316 g/mol. The van der Waals surface area contributed by atoms with Crippen molar-refractivity contribution < 1.29 is 19.1 Å². The lowest BCUT2D eigenvalue weighted by molar-refractivity contribution is -0.222. The summed E-state index contributed by atoms with van der Waals surface area (Å²) in [6.07, 6.45) is 1.50. The molecule has 2 aliphatic heterocycles. The van der Waals surface area contributed by atoms with Crippen molar-refractivity contribution in [2.24, 2.45) is 0 Å². The number of piperazine rings is 1. The molecule has 0 aliphatic carbocycles. The minimum Gasteiger partial charge on any atom is -0.419 e. The predicted molar refractivity (Wildman–Crippen MR) is 85.8 cm³/mol. The maximum Gasteiger partial charge on any atom is 0.348 e. The predicted octanol–water partition coefficient (Wildman–Crippen LogP) is 1.32. The zero-order valence-electron chi connectivity index (χ0n) is 13.3. The first-order valence-electron chi connectivity index (χ1n) is 7.69. The summed E-state index contributed by atoms with van der Waals surface area (Å²) in [6, 6.07) is 7.73. The average Bonchev–Trinajstić information content (AvgIpc) is 2.51. The van der Waals surface area contributed by atoms with E-state index in [0.29, 0.717) is 0 Å². The molecule has 6 nitrogen and oxygen atoms in total. The monoisotopic (exact) mass is 316 g/mol. The fraction of sp³-hybridized carbons (Fsp3) is 0.412. The molecule has 2 fully saturated rings. The molecule has 2 saturated heterocycles. The summed E-state index contributed by atoms with van der Waals surface area (Å²) >= 11 is 0. The number of hydrogen-bond acceptors (Lipinski definition) is 6. The summed E-state index contributed by atoms with van der Waals surface area (Å²) in [7, 11) is 0. The summed E-state index contributed by atoms with van der Waals surface area (Å²) in [5.41, 5.74) is 1.80. The first-order chi connectivity index (χ1) is 10.9. The summed E-state index contributed by atoms with van der Waals surface area (Å²) in [5.74, 6) is -2.52. The van der Waals surface area contributed by atoms with Crippen LogP contribution < -0.4 is 10.2 Å². The van der Waals surface area contributed by atoms with Crippen molar-refractivity contribution in [2.45, 2.75) is 19.6 Å². The van der Waals surface area contributed by atoms with Crippen LogP contribution in [0.25, 0.3) is 6.08 Å². The molecule has 0 aromatic heterocycles. The van der Waals surface area contributed by atoms with Crippen LogP contribution in [-0.4, -0.2) is 43.9 Å². The highest BCUT2D eigenvalue weighted by atomic mass is 16.7. The van der Waals surface area contributed by atoms with Gasteiger partial charge < -0.3 is 19.7 Å². The van der Waals surface area contributed by atoms with Gasteiger partial charge in [0.25, 0.3) is 5.79 Å². The van der Waals surface area contributed by atoms with Gasteiger partial charge in [0.05, 0.1) is 0 Å². The van der Waals surface area contributed by atoms with Crippen molar-refractivity contribution in [3.8, 4) is 0 Å². The molecular weight excluding hydrogens is 296 g/mol. The molecule has 0 radical (unpaired) electrons. The van der Waals surface area contributed by atoms with E-state index < -0.39 is 17.7 Å². The standard InChI is InChI=1S/C17H20N2O4/c1-17(2)22-15(20)14(16(21)23-17)11-12-3-5-13(6-4-12)19-9-7-18-8-10-19/h3-6,11,18H,7-10H2,1-2H3. The number of benzene rings is 1. The number of hydrogen-bond donors (Lipinski definition) is 1. The van der Waals surface area contributed by atoms with Crippen LogP contribution in [0.4, 0.5) is 5.69 Å². The Kier molecular flexibility index (Phi) is 4.09. The summed E-state index contributed by atoms with van der Waals surface area (Å²) in [4.78, 5) is 26.2. The number of anilines is 1. The van der Waals surface area contributed by atoms with Crippen LogP contribution in [0.2, 0.25) is 0 Å². The second-order valence-corrected chi connectivity index (χ2v) is 6.07. The molecule has 0 bridgehead atoms. The molecule has 1 aromatic carbocycles. The SMILES string of the molecule is CC1(C)OC(=O)C(=Cc2ccc(N3CCNCC3)cc2)C(=O)O1. The van der Waals surface area contributed by atoms with Crippen LogP contribution in [-0.2, 0) is 19.1 Å². The van der Waals surface area contributed by atoms with Gasteiger partial charge in [-0.1, -0.05) is 12.1 Å². The second kappa shape index (κ2) is 6.04. The summed E-state index contributed by atoms with van der Waals surface area (Å²) < 4.78 is 10.2. The number of rotatable bonds is 2. The van der Waals surface area contributed by atoms with E-state index in [9.17, 15) is 9.59 Å². The molecule has 2 heterocycles. The fourth-order valence-electron chi connectivity index (χ4n) is 2.65. The van der Waals surface area contributed by atoms with E-state index in [4.69, 9.17) is 9.47 Å². The molecule has 3 rings (SSSR count). The molecule has 0 atom stereocenters. The molecule has 0 amide bonds. The van der Waals surface area contributed by atoms with Crippen molar-refractivity contribution in [1.29, 1.82) is 0 Å². The van der Waals surface area contributed by atoms with Crippen molar-refractivity contribution in [1.82, 2.24) is 5.32 Å². The van der Waals surface area contributed by atoms with Gasteiger partial charge in [0, 0.05) is 45.7 Å². The van der Waals surface area contributed by atoms with E-state index in [1.807, 2.05) is 24.3 Å². The lowest BCUT2D eigenvalue weighted by atomic mass is 10.1. The zero-order valence-corrected chi connectivity index (χ0v) is 13.3. The maximum atomic E-state index is 11.9. The zero-order chi connectivity index (χ0) is 16.4. The first-order valence-corrected chi connectivity index (χ1v) is 7.69. The quantitative estimate of drug-likeness (QED) is 0.504. The minimum atomic E-state index is -1.21. The van der Waals surface area contributed by atoms with Crippen molar-refractivity contribution in [2.75, 3.05) is 31.1 Å². The Balaban J connectivity index is 1.77. The smallest absolute Gasteiger partial charge is 0.348 e. The molecule has 1 N–H and O–H groups in total. The van der Waals surface area contributed by atoms with Crippen LogP contribution in [0, 0.1) is 0 Å². The Morgan fingerprint density at radius 3 is 2.17 bits per heavy atom. The van der Waals surface area contributed by atoms with Gasteiger partial charge in [-0.05, 0) is 23.8 Å². The number of nitrogens with zero attached hydrogens (tertiary/aromatic N) is 1. The van der Waals surface area contributed by atoms with Gasteiger partial charge >= 0.3 is 11.9 Å². The van der Waals surface area contributed by atoms with Crippen LogP contribution in [0.3, 0.4) is 0 Å². The van der Waals surface area contributed by atoms with Gasteiger partial charge in [0.1, 0.15) is 5.57 Å². The van der Waals surface area contributed by atoms with Gasteiger partial charge in [-0.3, -0.25) is 0 Å². The van der Waals surface area contributed by atoms with Gasteiger partial charge in [0.2, 0.25) is 0 Å². The molecule has 23 heavy (non-hydrogen) atoms. The second-order valence-electron chi connectivity index (χ2n) is 6.07. The van der Waals surface area contributed by atoms with E-state index in [1.165, 1.54) is 19.9 Å². The first kappa shape index (κ1) is 15.6. The van der Waals surface area contributed by atoms with Crippen molar-refractivity contribution in [3.05, 3.63) is 35.4 Å². The van der Waals surface area contributed by atoms with Crippen LogP contribution in [0.15, 0.2) is 29.8 Å². The maximum absolute atomic E-state index is 11.9. The topological polar surface area (TPSA) is 67.9 Å². The minimum absolute atomic E-state index is 0.0840. The van der Waals surface area contributed by atoms with Crippen molar-refractivity contribution in [3.63, 3.8) is 0 Å². The lowest BCUT2D eigenvalue weighted by Crippen LogP contribution is -2.43. The van der Waals surface area contributed by atoms with Gasteiger partial charge in [-0.25, -0.2) is 9.59 Å². The van der Waals surface area contributed by atoms with Crippen LogP contribution in [0.5, 0.6) is 0 Å². The third-order valence-electron chi connectivity index (χ3n) is 3.80. The number of carbonyl (C=O) groups is 2. The Morgan fingerprint density at radius 1 is 1.04 bits per heavy atom. The molecule has 1 aromatic rings. The number of carbonyl (C=O) groups excluding carboxylic acids is 2. The van der Waals surface area contributed by atoms with Gasteiger partial charge in [-0.15, -0.1) is 0 Å². The summed E-state index contributed by atoms with van der Waals surface area (Å²) in [5, 5.41) is 3.31. The molecule has 0 unspecified atom stereocenters. The Labute approximate surface area is 135 Å². The Morgan fingerprint density at radius 2 is 1.61 bits per heavy atom. The van der Waals surface area contributed by atoms with Gasteiger partial charge in [0.15, 0.2) is 0 Å². The Bertz CT molecular complexity index is 621.